The van der Waals surface area contributed by atoms with Crippen molar-refractivity contribution in [3.05, 3.63) is 66.0 Å². The predicted molar refractivity (Wildman–Crippen MR) is 105 cm³/mol. The van der Waals surface area contributed by atoms with Gasteiger partial charge in [0.25, 0.3) is 5.91 Å². The fourth-order valence-corrected chi connectivity index (χ4v) is 2.55. The van der Waals surface area contributed by atoms with E-state index in [1.54, 1.807) is 39.2 Å². The largest absolute Gasteiger partial charge is 0.444 e. The van der Waals surface area contributed by atoms with E-state index in [1.165, 1.54) is 0 Å². The third kappa shape index (κ3) is 7.36. The summed E-state index contributed by atoms with van der Waals surface area (Å²) in [6, 6.07) is 12.1. The van der Waals surface area contributed by atoms with Gasteiger partial charge in [0, 0.05) is 18.9 Å². The van der Waals surface area contributed by atoms with Crippen molar-refractivity contribution < 1.29 is 19.4 Å². The van der Waals surface area contributed by atoms with E-state index in [2.05, 4.69) is 15.6 Å². The highest BCUT2D eigenvalue weighted by Crippen LogP contribution is 2.10. The van der Waals surface area contributed by atoms with Gasteiger partial charge < -0.3 is 20.5 Å². The van der Waals surface area contributed by atoms with Crippen LogP contribution in [0.5, 0.6) is 0 Å². The zero-order chi connectivity index (χ0) is 20.6. The number of pyridine rings is 1. The van der Waals surface area contributed by atoms with E-state index in [4.69, 9.17) is 4.74 Å². The molecule has 0 saturated carbocycles. The van der Waals surface area contributed by atoms with Crippen molar-refractivity contribution >= 4 is 12.0 Å². The number of aliphatic hydroxyl groups excluding tert-OH is 1. The van der Waals surface area contributed by atoms with Crippen LogP contribution in [-0.2, 0) is 22.5 Å². The Morgan fingerprint density at radius 1 is 1.11 bits per heavy atom. The molecule has 0 aliphatic heterocycles. The standard InChI is InChI=1S/C21H27N3O4/c1-21(2,3)28-20(27)24-17(12-16-10-7-11-22-13-16)18(25)19(26)23-14-15-8-5-4-6-9-15/h4-11,13,17-18,25H,12,14H2,1-3H3,(H,23,26)(H,24,27)/t17-,18?/m0/s1. The molecular formula is C21H27N3O4. The number of amides is 2. The number of benzene rings is 1. The number of ether oxygens (including phenoxy) is 1. The molecule has 3 N–H and O–H groups in total. The highest BCUT2D eigenvalue weighted by atomic mass is 16.6. The van der Waals surface area contributed by atoms with Crippen molar-refractivity contribution in [2.45, 2.75) is 51.5 Å². The van der Waals surface area contributed by atoms with Gasteiger partial charge in [0.15, 0.2) is 6.10 Å². The lowest BCUT2D eigenvalue weighted by Crippen LogP contribution is -2.52. The molecule has 1 aromatic heterocycles. The molecule has 150 valence electrons. The van der Waals surface area contributed by atoms with Crippen LogP contribution in [0.3, 0.4) is 0 Å². The summed E-state index contributed by atoms with van der Waals surface area (Å²) in [5.41, 5.74) is 0.995. The van der Waals surface area contributed by atoms with E-state index in [1.807, 2.05) is 36.4 Å². The molecule has 0 bridgehead atoms. The van der Waals surface area contributed by atoms with Crippen LogP contribution in [-0.4, -0.2) is 39.8 Å². The molecule has 1 unspecified atom stereocenters. The normalized spacial score (nSPS) is 13.3. The Bertz CT molecular complexity index is 760. The number of aromatic nitrogens is 1. The Morgan fingerprint density at radius 3 is 2.39 bits per heavy atom. The summed E-state index contributed by atoms with van der Waals surface area (Å²) in [4.78, 5) is 28.7. The molecule has 1 heterocycles. The Kier molecular flexibility index (Phi) is 7.52. The van der Waals surface area contributed by atoms with Crippen molar-refractivity contribution in [1.29, 1.82) is 0 Å². The van der Waals surface area contributed by atoms with E-state index in [9.17, 15) is 14.7 Å². The fraction of sp³-hybridized carbons (Fsp3) is 0.381. The van der Waals surface area contributed by atoms with Crippen LogP contribution >= 0.6 is 0 Å². The van der Waals surface area contributed by atoms with Gasteiger partial charge >= 0.3 is 6.09 Å². The fourth-order valence-electron chi connectivity index (χ4n) is 2.55. The molecule has 0 aliphatic rings. The summed E-state index contributed by atoms with van der Waals surface area (Å²) in [6.07, 6.45) is 1.33. The third-order valence-corrected chi connectivity index (χ3v) is 3.84. The molecule has 2 atom stereocenters. The first kappa shape index (κ1) is 21.4. The second-order valence-corrected chi connectivity index (χ2v) is 7.47. The zero-order valence-electron chi connectivity index (χ0n) is 16.4. The van der Waals surface area contributed by atoms with Crippen LogP contribution in [0.1, 0.15) is 31.9 Å². The summed E-state index contributed by atoms with van der Waals surface area (Å²) >= 11 is 0. The van der Waals surface area contributed by atoms with Crippen molar-refractivity contribution in [3.8, 4) is 0 Å². The lowest BCUT2D eigenvalue weighted by molar-refractivity contribution is -0.130. The van der Waals surface area contributed by atoms with Crippen LogP contribution in [0.2, 0.25) is 0 Å². The number of nitrogens with one attached hydrogen (secondary N) is 2. The Hall–Kier alpha value is -2.93. The van der Waals surface area contributed by atoms with Crippen LogP contribution in [0.4, 0.5) is 4.79 Å². The van der Waals surface area contributed by atoms with Crippen LogP contribution < -0.4 is 10.6 Å². The van der Waals surface area contributed by atoms with E-state index in [-0.39, 0.29) is 13.0 Å². The van der Waals surface area contributed by atoms with Crippen LogP contribution in [0.25, 0.3) is 0 Å². The van der Waals surface area contributed by atoms with E-state index >= 15 is 0 Å². The molecule has 2 rings (SSSR count). The first-order chi connectivity index (χ1) is 13.2. The molecule has 28 heavy (non-hydrogen) atoms. The first-order valence-corrected chi connectivity index (χ1v) is 9.13. The monoisotopic (exact) mass is 385 g/mol. The number of aliphatic hydroxyl groups is 1. The smallest absolute Gasteiger partial charge is 0.407 e. The number of carbonyl (C=O) groups is 2. The average molecular weight is 385 g/mol. The molecule has 7 nitrogen and oxygen atoms in total. The highest BCUT2D eigenvalue weighted by molar-refractivity contribution is 5.82. The van der Waals surface area contributed by atoms with Crippen molar-refractivity contribution in [3.63, 3.8) is 0 Å². The maximum atomic E-state index is 12.4. The molecule has 0 spiro atoms. The highest BCUT2D eigenvalue weighted by Gasteiger charge is 2.29. The van der Waals surface area contributed by atoms with Gasteiger partial charge in [-0.05, 0) is 44.4 Å². The maximum absolute atomic E-state index is 12.4. The Morgan fingerprint density at radius 2 is 1.79 bits per heavy atom. The van der Waals surface area contributed by atoms with E-state index in [0.717, 1.165) is 11.1 Å². The van der Waals surface area contributed by atoms with Gasteiger partial charge in [-0.25, -0.2) is 4.79 Å². The lowest BCUT2D eigenvalue weighted by atomic mass is 10.0. The quantitative estimate of drug-likeness (QED) is 0.678. The van der Waals surface area contributed by atoms with Crippen LogP contribution in [0.15, 0.2) is 54.9 Å². The second-order valence-electron chi connectivity index (χ2n) is 7.47. The molecule has 2 amide bonds. The summed E-state index contributed by atoms with van der Waals surface area (Å²) in [6.45, 7) is 5.51. The second kappa shape index (κ2) is 9.85. The number of nitrogens with zero attached hydrogens (tertiary/aromatic N) is 1. The minimum Gasteiger partial charge on any atom is -0.444 e. The van der Waals surface area contributed by atoms with E-state index in [0.29, 0.717) is 0 Å². The minimum atomic E-state index is -1.45. The number of hydrogen-bond donors (Lipinski definition) is 3. The predicted octanol–water partition coefficient (Wildman–Crippen LogP) is 2.19. The van der Waals surface area contributed by atoms with Gasteiger partial charge in [-0.3, -0.25) is 9.78 Å². The Balaban J connectivity index is 2.05. The van der Waals surface area contributed by atoms with Gasteiger partial charge in [0.05, 0.1) is 6.04 Å². The molecule has 0 fully saturated rings. The molecule has 7 heteroatoms. The molecule has 2 aromatic rings. The van der Waals surface area contributed by atoms with E-state index < -0.39 is 29.7 Å². The molecule has 0 saturated heterocycles. The summed E-state index contributed by atoms with van der Waals surface area (Å²) in [5, 5.41) is 15.9. The number of rotatable bonds is 7. The van der Waals surface area contributed by atoms with Gasteiger partial charge in [-0.15, -0.1) is 0 Å². The molecular weight excluding hydrogens is 358 g/mol. The number of carbonyl (C=O) groups excluding carboxylic acids is 2. The minimum absolute atomic E-state index is 0.229. The van der Waals surface area contributed by atoms with Crippen molar-refractivity contribution in [2.75, 3.05) is 0 Å². The van der Waals surface area contributed by atoms with Crippen LogP contribution in [0, 0.1) is 0 Å². The van der Waals surface area contributed by atoms with Crippen molar-refractivity contribution in [1.82, 2.24) is 15.6 Å². The van der Waals surface area contributed by atoms with Gasteiger partial charge in [0.2, 0.25) is 0 Å². The van der Waals surface area contributed by atoms with Gasteiger partial charge in [0.1, 0.15) is 5.60 Å². The average Bonchev–Trinajstić information content (AvgIpc) is 2.65. The summed E-state index contributed by atoms with van der Waals surface area (Å²) in [5.74, 6) is -0.575. The van der Waals surface area contributed by atoms with Gasteiger partial charge in [-0.1, -0.05) is 36.4 Å². The molecule has 0 radical (unpaired) electrons. The third-order valence-electron chi connectivity index (χ3n) is 3.84. The van der Waals surface area contributed by atoms with Crippen molar-refractivity contribution in [2.24, 2.45) is 0 Å². The van der Waals surface area contributed by atoms with Gasteiger partial charge in [-0.2, -0.15) is 0 Å². The lowest BCUT2D eigenvalue weighted by Gasteiger charge is -2.26. The zero-order valence-corrected chi connectivity index (χ0v) is 16.4. The summed E-state index contributed by atoms with van der Waals surface area (Å²) < 4.78 is 5.26. The first-order valence-electron chi connectivity index (χ1n) is 9.13. The topological polar surface area (TPSA) is 101 Å². The SMILES string of the molecule is CC(C)(C)OC(=O)N[C@@H](Cc1cccnc1)C(O)C(=O)NCc1ccccc1. The summed E-state index contributed by atoms with van der Waals surface area (Å²) in [7, 11) is 0. The Labute approximate surface area is 165 Å². The molecule has 1 aromatic carbocycles. The number of hydrogen-bond acceptors (Lipinski definition) is 5. The number of alkyl carbamates (subject to hydrolysis) is 1. The maximum Gasteiger partial charge on any atom is 0.407 e. The molecule has 0 aliphatic carbocycles.